The number of esters is 1. The van der Waals surface area contributed by atoms with Crippen LogP contribution < -0.4 is 10.2 Å². The average molecular weight is 356 g/mol. The Labute approximate surface area is 141 Å². The van der Waals surface area contributed by atoms with Crippen molar-refractivity contribution in [3.05, 3.63) is 35.9 Å². The molecule has 1 unspecified atom stereocenters. The Kier molecular flexibility index (Phi) is 5.15. The highest BCUT2D eigenvalue weighted by molar-refractivity contribution is 6.11. The predicted molar refractivity (Wildman–Crippen MR) is 82.8 cm³/mol. The molecule has 9 heteroatoms. The van der Waals surface area contributed by atoms with E-state index in [1.54, 1.807) is 6.92 Å². The largest absolute Gasteiger partial charge is 0.449 e. The molecule has 0 aliphatic carbocycles. The summed E-state index contributed by atoms with van der Waals surface area (Å²) in [4.78, 5) is 36.6. The first kappa shape index (κ1) is 18.5. The zero-order chi connectivity index (χ0) is 18.8. The van der Waals surface area contributed by atoms with Gasteiger partial charge in [0.05, 0.1) is 16.9 Å². The summed E-state index contributed by atoms with van der Waals surface area (Å²) in [7, 11) is 0. The number of benzene rings is 1. The quantitative estimate of drug-likeness (QED) is 0.667. The van der Waals surface area contributed by atoms with Crippen LogP contribution in [-0.4, -0.2) is 30.4 Å². The van der Waals surface area contributed by atoms with Crippen LogP contribution in [0.1, 0.15) is 19.4 Å². The van der Waals surface area contributed by atoms with Gasteiger partial charge in [-0.05, 0) is 32.0 Å². The lowest BCUT2D eigenvalue weighted by molar-refractivity contribution is -0.149. The molecule has 0 radical (unpaired) electrons. The van der Waals surface area contributed by atoms with Crippen molar-refractivity contribution in [3.63, 3.8) is 0 Å². The number of carbonyl (C=O) groups excluding carboxylic acids is 3. The summed E-state index contributed by atoms with van der Waals surface area (Å²) in [5, 5.41) is 2.31. The molecule has 1 aliphatic rings. The van der Waals surface area contributed by atoms with Gasteiger partial charge in [0.1, 0.15) is 6.54 Å². The van der Waals surface area contributed by atoms with Crippen LogP contribution in [0, 0.1) is 0 Å². The van der Waals surface area contributed by atoms with E-state index < -0.39 is 35.6 Å². The minimum atomic E-state index is -4.58. The molecular weight excluding hydrogens is 341 g/mol. The Morgan fingerprint density at radius 2 is 2.04 bits per heavy atom. The van der Waals surface area contributed by atoms with E-state index >= 15 is 0 Å². The van der Waals surface area contributed by atoms with Crippen LogP contribution in [0.2, 0.25) is 0 Å². The Balaban J connectivity index is 2.30. The van der Waals surface area contributed by atoms with Crippen LogP contribution in [0.15, 0.2) is 30.4 Å². The van der Waals surface area contributed by atoms with Crippen molar-refractivity contribution in [2.75, 3.05) is 16.8 Å². The highest BCUT2D eigenvalue weighted by atomic mass is 19.4. The lowest BCUT2D eigenvalue weighted by Crippen LogP contribution is -2.47. The van der Waals surface area contributed by atoms with Crippen molar-refractivity contribution < 1.29 is 32.3 Å². The molecule has 1 aliphatic heterocycles. The molecule has 1 aromatic carbocycles. The minimum absolute atomic E-state index is 0.103. The van der Waals surface area contributed by atoms with E-state index in [1.807, 2.05) is 0 Å². The molecule has 1 heterocycles. The Bertz CT molecular complexity index is 743. The summed E-state index contributed by atoms with van der Waals surface area (Å²) in [6.45, 7) is 2.53. The van der Waals surface area contributed by atoms with Crippen molar-refractivity contribution >= 4 is 29.2 Å². The number of rotatable bonds is 3. The predicted octanol–water partition coefficient (Wildman–Crippen LogP) is 2.50. The Morgan fingerprint density at radius 3 is 2.64 bits per heavy atom. The molecule has 2 rings (SSSR count). The summed E-state index contributed by atoms with van der Waals surface area (Å²) in [5.41, 5.74) is -0.980. The second-order valence-electron chi connectivity index (χ2n) is 5.28. The van der Waals surface area contributed by atoms with Crippen molar-refractivity contribution in [1.29, 1.82) is 0 Å². The van der Waals surface area contributed by atoms with E-state index in [2.05, 4.69) is 5.32 Å². The van der Waals surface area contributed by atoms with E-state index in [-0.39, 0.29) is 17.9 Å². The summed E-state index contributed by atoms with van der Waals surface area (Å²) < 4.78 is 43.3. The number of hydrogen-bond acceptors (Lipinski definition) is 4. The number of amides is 2. The highest BCUT2D eigenvalue weighted by Gasteiger charge is 2.35. The van der Waals surface area contributed by atoms with Crippen molar-refractivity contribution in [2.24, 2.45) is 0 Å². The van der Waals surface area contributed by atoms with E-state index in [0.717, 1.165) is 29.2 Å². The van der Waals surface area contributed by atoms with E-state index in [4.69, 9.17) is 4.74 Å². The highest BCUT2D eigenvalue weighted by Crippen LogP contribution is 2.37. The van der Waals surface area contributed by atoms with Crippen LogP contribution in [-0.2, 0) is 25.3 Å². The number of alkyl halides is 3. The molecule has 1 atom stereocenters. The Morgan fingerprint density at radius 1 is 1.36 bits per heavy atom. The average Bonchev–Trinajstić information content (AvgIpc) is 2.51. The van der Waals surface area contributed by atoms with Crippen LogP contribution in [0.4, 0.5) is 24.5 Å². The summed E-state index contributed by atoms with van der Waals surface area (Å²) >= 11 is 0. The standard InChI is InChI=1S/C16H15F3N2O4/c1-3-4-14(23)25-9(2)15(24)21-8-13(22)20-11-7-10(16(17,18)19)5-6-12(11)21/h3-7,9H,8H2,1-2H3,(H,20,22)/b4-3+. The summed E-state index contributed by atoms with van der Waals surface area (Å²) in [5.74, 6) is -2.10. The molecule has 134 valence electrons. The number of fused-ring (bicyclic) bond motifs is 1. The molecule has 0 bridgehead atoms. The Hall–Kier alpha value is -2.84. The maximum atomic E-state index is 12.8. The van der Waals surface area contributed by atoms with E-state index in [1.165, 1.54) is 13.0 Å². The fourth-order valence-electron chi connectivity index (χ4n) is 2.28. The molecule has 0 saturated heterocycles. The van der Waals surface area contributed by atoms with Crippen molar-refractivity contribution in [3.8, 4) is 0 Å². The first-order chi connectivity index (χ1) is 11.6. The number of anilines is 2. The van der Waals surface area contributed by atoms with Crippen LogP contribution in [0.5, 0.6) is 0 Å². The number of allylic oxidation sites excluding steroid dienone is 1. The van der Waals surface area contributed by atoms with Gasteiger partial charge in [-0.15, -0.1) is 0 Å². The fraction of sp³-hybridized carbons (Fsp3) is 0.312. The number of halogens is 3. The second kappa shape index (κ2) is 6.96. The third-order valence-electron chi connectivity index (χ3n) is 3.40. The maximum absolute atomic E-state index is 12.8. The van der Waals surface area contributed by atoms with Gasteiger partial charge in [0, 0.05) is 6.08 Å². The summed E-state index contributed by atoms with van der Waals surface area (Å²) in [6.07, 6.45) is -3.23. The molecule has 0 spiro atoms. The normalized spacial score (nSPS) is 15.6. The van der Waals surface area contributed by atoms with Gasteiger partial charge in [-0.1, -0.05) is 6.08 Å². The number of carbonyl (C=O) groups is 3. The van der Waals surface area contributed by atoms with Crippen LogP contribution in [0.3, 0.4) is 0 Å². The zero-order valence-corrected chi connectivity index (χ0v) is 13.4. The van der Waals surface area contributed by atoms with Gasteiger partial charge in [-0.25, -0.2) is 4.79 Å². The molecule has 0 fully saturated rings. The zero-order valence-electron chi connectivity index (χ0n) is 13.4. The van der Waals surface area contributed by atoms with Crippen LogP contribution >= 0.6 is 0 Å². The van der Waals surface area contributed by atoms with Crippen molar-refractivity contribution in [2.45, 2.75) is 26.1 Å². The topological polar surface area (TPSA) is 75.7 Å². The number of ether oxygens (including phenoxy) is 1. The summed E-state index contributed by atoms with van der Waals surface area (Å²) in [6, 6.07) is 2.66. The number of nitrogens with zero attached hydrogens (tertiary/aromatic N) is 1. The molecule has 0 aromatic heterocycles. The second-order valence-corrected chi connectivity index (χ2v) is 5.28. The number of nitrogens with one attached hydrogen (secondary N) is 1. The number of hydrogen-bond donors (Lipinski definition) is 1. The molecule has 0 saturated carbocycles. The first-order valence-corrected chi connectivity index (χ1v) is 7.29. The SMILES string of the molecule is C/C=C/C(=O)OC(C)C(=O)N1CC(=O)Nc2cc(C(F)(F)F)ccc21. The molecule has 25 heavy (non-hydrogen) atoms. The van der Waals surface area contributed by atoms with E-state index in [0.29, 0.717) is 0 Å². The van der Waals surface area contributed by atoms with Gasteiger partial charge in [0.15, 0.2) is 6.10 Å². The van der Waals surface area contributed by atoms with Crippen molar-refractivity contribution in [1.82, 2.24) is 0 Å². The smallest absolute Gasteiger partial charge is 0.416 e. The molecule has 2 amide bonds. The fourth-order valence-corrected chi connectivity index (χ4v) is 2.28. The van der Waals surface area contributed by atoms with Gasteiger partial charge in [-0.3, -0.25) is 14.5 Å². The monoisotopic (exact) mass is 356 g/mol. The molecular formula is C16H15F3N2O4. The molecule has 1 N–H and O–H groups in total. The van der Waals surface area contributed by atoms with Gasteiger partial charge in [0.2, 0.25) is 5.91 Å². The van der Waals surface area contributed by atoms with E-state index in [9.17, 15) is 27.6 Å². The molecule has 1 aromatic rings. The minimum Gasteiger partial charge on any atom is -0.449 e. The third kappa shape index (κ3) is 4.17. The van der Waals surface area contributed by atoms with Gasteiger partial charge in [0.25, 0.3) is 5.91 Å². The molecule has 6 nitrogen and oxygen atoms in total. The van der Waals surface area contributed by atoms with Gasteiger partial charge < -0.3 is 10.1 Å². The third-order valence-corrected chi connectivity index (χ3v) is 3.40. The van der Waals surface area contributed by atoms with Gasteiger partial charge in [-0.2, -0.15) is 13.2 Å². The maximum Gasteiger partial charge on any atom is 0.416 e. The first-order valence-electron chi connectivity index (χ1n) is 7.29. The van der Waals surface area contributed by atoms with Gasteiger partial charge >= 0.3 is 12.1 Å². The van der Waals surface area contributed by atoms with Crippen LogP contribution in [0.25, 0.3) is 0 Å². The lowest BCUT2D eigenvalue weighted by Gasteiger charge is -2.31. The lowest BCUT2D eigenvalue weighted by atomic mass is 10.1.